The van der Waals surface area contributed by atoms with Crippen molar-refractivity contribution in [1.82, 2.24) is 5.32 Å². The van der Waals surface area contributed by atoms with Crippen molar-refractivity contribution in [2.45, 2.75) is 51.2 Å². The zero-order valence-corrected chi connectivity index (χ0v) is 9.29. The molecule has 0 aromatic rings. The molecule has 1 rings (SSSR count). The first-order chi connectivity index (χ1) is 6.58. The van der Waals surface area contributed by atoms with Crippen molar-refractivity contribution in [3.63, 3.8) is 0 Å². The van der Waals surface area contributed by atoms with E-state index in [2.05, 4.69) is 12.2 Å². The summed E-state index contributed by atoms with van der Waals surface area (Å²) in [4.78, 5) is 0. The van der Waals surface area contributed by atoms with Gasteiger partial charge in [0.25, 0.3) is 0 Å². The number of hydrogen-bond donors (Lipinski definition) is 3. The lowest BCUT2D eigenvalue weighted by atomic mass is 9.77. The Hall–Kier alpha value is -0.120. The SMILES string of the molecule is CC(O)CNC1(CO)CCCC(C)C1. The lowest BCUT2D eigenvalue weighted by Gasteiger charge is -2.40. The van der Waals surface area contributed by atoms with Crippen LogP contribution in [0.5, 0.6) is 0 Å². The second-order valence-corrected chi connectivity index (χ2v) is 4.87. The molecule has 0 aromatic carbocycles. The standard InChI is InChI=1S/C11H23NO2/c1-9-4-3-5-11(6-9,8-13)12-7-10(2)14/h9-10,12-14H,3-8H2,1-2H3. The van der Waals surface area contributed by atoms with E-state index in [0.29, 0.717) is 12.5 Å². The van der Waals surface area contributed by atoms with Crippen molar-refractivity contribution in [1.29, 1.82) is 0 Å². The van der Waals surface area contributed by atoms with Gasteiger partial charge in [-0.15, -0.1) is 0 Å². The molecular weight excluding hydrogens is 178 g/mol. The number of aliphatic hydroxyl groups is 2. The minimum absolute atomic E-state index is 0.130. The lowest BCUT2D eigenvalue weighted by Crippen LogP contribution is -2.53. The number of hydrogen-bond acceptors (Lipinski definition) is 3. The van der Waals surface area contributed by atoms with E-state index < -0.39 is 0 Å². The average molecular weight is 201 g/mol. The van der Waals surface area contributed by atoms with Gasteiger partial charge in [-0.1, -0.05) is 19.8 Å². The molecule has 3 N–H and O–H groups in total. The number of β-amino-alcohol motifs (C(OH)–C–C–N with tert-alkyl or cyclic N) is 1. The van der Waals surface area contributed by atoms with Gasteiger partial charge in [0.05, 0.1) is 12.7 Å². The van der Waals surface area contributed by atoms with Crippen LogP contribution in [0.1, 0.15) is 39.5 Å². The van der Waals surface area contributed by atoms with Gasteiger partial charge >= 0.3 is 0 Å². The molecule has 0 radical (unpaired) electrons. The van der Waals surface area contributed by atoms with Crippen LogP contribution in [0.2, 0.25) is 0 Å². The van der Waals surface area contributed by atoms with E-state index in [4.69, 9.17) is 0 Å². The molecular formula is C11H23NO2. The highest BCUT2D eigenvalue weighted by Gasteiger charge is 2.33. The molecule has 1 aliphatic carbocycles. The van der Waals surface area contributed by atoms with Crippen molar-refractivity contribution in [3.05, 3.63) is 0 Å². The predicted octanol–water partition coefficient (Wildman–Crippen LogP) is 0.898. The zero-order chi connectivity index (χ0) is 10.6. The Morgan fingerprint density at radius 1 is 1.57 bits per heavy atom. The molecule has 3 heteroatoms. The van der Waals surface area contributed by atoms with Crippen molar-refractivity contribution in [2.24, 2.45) is 5.92 Å². The summed E-state index contributed by atoms with van der Waals surface area (Å²) in [5.74, 6) is 0.678. The van der Waals surface area contributed by atoms with E-state index in [0.717, 1.165) is 12.8 Å². The van der Waals surface area contributed by atoms with Gasteiger partial charge < -0.3 is 15.5 Å². The first-order valence-electron chi connectivity index (χ1n) is 5.62. The normalized spacial score (nSPS) is 35.6. The average Bonchev–Trinajstić information content (AvgIpc) is 2.15. The number of nitrogens with one attached hydrogen (secondary N) is 1. The van der Waals surface area contributed by atoms with E-state index in [9.17, 15) is 10.2 Å². The van der Waals surface area contributed by atoms with Crippen LogP contribution in [0.25, 0.3) is 0 Å². The van der Waals surface area contributed by atoms with Crippen molar-refractivity contribution >= 4 is 0 Å². The predicted molar refractivity (Wildman–Crippen MR) is 57.1 cm³/mol. The third-order valence-electron chi connectivity index (χ3n) is 3.17. The van der Waals surface area contributed by atoms with E-state index in [1.807, 2.05) is 0 Å². The fraction of sp³-hybridized carbons (Fsp3) is 1.00. The fourth-order valence-corrected chi connectivity index (χ4v) is 2.38. The molecule has 0 saturated heterocycles. The van der Waals surface area contributed by atoms with E-state index in [1.54, 1.807) is 6.92 Å². The van der Waals surface area contributed by atoms with Gasteiger partial charge in [0.1, 0.15) is 0 Å². The molecule has 0 amide bonds. The summed E-state index contributed by atoms with van der Waals surface area (Å²) in [6, 6.07) is 0. The fourth-order valence-electron chi connectivity index (χ4n) is 2.38. The summed E-state index contributed by atoms with van der Waals surface area (Å²) in [6.07, 6.45) is 4.15. The molecule has 1 fully saturated rings. The summed E-state index contributed by atoms with van der Waals surface area (Å²) >= 11 is 0. The molecule has 3 unspecified atom stereocenters. The maximum atomic E-state index is 9.43. The highest BCUT2D eigenvalue weighted by molar-refractivity contribution is 4.92. The zero-order valence-electron chi connectivity index (χ0n) is 9.29. The van der Waals surface area contributed by atoms with Gasteiger partial charge in [-0.2, -0.15) is 0 Å². The van der Waals surface area contributed by atoms with Crippen LogP contribution < -0.4 is 5.32 Å². The smallest absolute Gasteiger partial charge is 0.0636 e. The van der Waals surface area contributed by atoms with Crippen molar-refractivity contribution in [3.8, 4) is 0 Å². The Labute approximate surface area is 86.5 Å². The minimum atomic E-state index is -0.337. The van der Waals surface area contributed by atoms with Gasteiger partial charge in [-0.3, -0.25) is 0 Å². The molecule has 1 aliphatic rings. The third kappa shape index (κ3) is 3.23. The van der Waals surface area contributed by atoms with Crippen molar-refractivity contribution in [2.75, 3.05) is 13.2 Å². The quantitative estimate of drug-likeness (QED) is 0.633. The monoisotopic (exact) mass is 201 g/mol. The van der Waals surface area contributed by atoms with E-state index in [-0.39, 0.29) is 18.2 Å². The van der Waals surface area contributed by atoms with Crippen LogP contribution in [0.4, 0.5) is 0 Å². The van der Waals surface area contributed by atoms with Gasteiger partial charge in [-0.05, 0) is 25.7 Å². The van der Waals surface area contributed by atoms with Gasteiger partial charge in [0.15, 0.2) is 0 Å². The van der Waals surface area contributed by atoms with E-state index >= 15 is 0 Å². The Morgan fingerprint density at radius 2 is 2.29 bits per heavy atom. The van der Waals surface area contributed by atoms with Crippen LogP contribution in [0, 0.1) is 5.92 Å². The minimum Gasteiger partial charge on any atom is -0.394 e. The number of rotatable bonds is 4. The Balaban J connectivity index is 2.47. The second-order valence-electron chi connectivity index (χ2n) is 4.87. The largest absolute Gasteiger partial charge is 0.394 e. The van der Waals surface area contributed by atoms with Gasteiger partial charge in [-0.25, -0.2) is 0 Å². The highest BCUT2D eigenvalue weighted by Crippen LogP contribution is 2.31. The summed E-state index contributed by atoms with van der Waals surface area (Å²) in [6.45, 7) is 4.76. The summed E-state index contributed by atoms with van der Waals surface area (Å²) < 4.78 is 0. The molecule has 84 valence electrons. The molecule has 14 heavy (non-hydrogen) atoms. The molecule has 3 nitrogen and oxygen atoms in total. The van der Waals surface area contributed by atoms with Crippen LogP contribution in [0.3, 0.4) is 0 Å². The molecule has 0 spiro atoms. The molecule has 0 aromatic heterocycles. The molecule has 1 saturated carbocycles. The Morgan fingerprint density at radius 3 is 2.79 bits per heavy atom. The summed E-state index contributed by atoms with van der Waals surface area (Å²) in [5.41, 5.74) is -0.130. The summed E-state index contributed by atoms with van der Waals surface area (Å²) in [7, 11) is 0. The van der Waals surface area contributed by atoms with Crippen LogP contribution in [0.15, 0.2) is 0 Å². The van der Waals surface area contributed by atoms with Crippen LogP contribution >= 0.6 is 0 Å². The second kappa shape index (κ2) is 5.10. The highest BCUT2D eigenvalue weighted by atomic mass is 16.3. The first kappa shape index (κ1) is 12.0. The molecule has 3 atom stereocenters. The first-order valence-corrected chi connectivity index (χ1v) is 5.62. The van der Waals surface area contributed by atoms with Gasteiger partial charge in [0, 0.05) is 12.1 Å². The van der Waals surface area contributed by atoms with E-state index in [1.165, 1.54) is 12.8 Å². The van der Waals surface area contributed by atoms with Gasteiger partial charge in [0.2, 0.25) is 0 Å². The third-order valence-corrected chi connectivity index (χ3v) is 3.17. The topological polar surface area (TPSA) is 52.5 Å². The van der Waals surface area contributed by atoms with Crippen LogP contribution in [-0.4, -0.2) is 35.0 Å². The van der Waals surface area contributed by atoms with Crippen LogP contribution in [-0.2, 0) is 0 Å². The number of aliphatic hydroxyl groups excluding tert-OH is 2. The lowest BCUT2D eigenvalue weighted by molar-refractivity contribution is 0.0827. The molecule has 0 aliphatic heterocycles. The maximum Gasteiger partial charge on any atom is 0.0636 e. The molecule has 0 heterocycles. The Bertz CT molecular complexity index is 173. The molecule has 0 bridgehead atoms. The maximum absolute atomic E-state index is 9.43. The summed E-state index contributed by atoms with van der Waals surface area (Å²) in [5, 5.41) is 22.0. The Kier molecular flexibility index (Phi) is 4.35. The van der Waals surface area contributed by atoms with Crippen molar-refractivity contribution < 1.29 is 10.2 Å².